The zero-order chi connectivity index (χ0) is 15.0. The molecule has 106 valence electrons. The maximum Gasteiger partial charge on any atom is 0.350 e. The molecule has 21 heavy (non-hydrogen) atoms. The van der Waals surface area contributed by atoms with Gasteiger partial charge < -0.3 is 5.11 Å². The van der Waals surface area contributed by atoms with Gasteiger partial charge in [0.1, 0.15) is 0 Å². The molecule has 0 aliphatic rings. The minimum Gasteiger partial charge on any atom is -0.478 e. The number of hydrogen-bond donors (Lipinski definition) is 1. The van der Waals surface area contributed by atoms with E-state index < -0.39 is 5.97 Å². The fourth-order valence-corrected chi connectivity index (χ4v) is 2.15. The lowest BCUT2D eigenvalue weighted by atomic mass is 10.1. The van der Waals surface area contributed by atoms with Crippen molar-refractivity contribution in [2.45, 2.75) is 13.5 Å². The van der Waals surface area contributed by atoms with Gasteiger partial charge in [0.2, 0.25) is 0 Å². The minimum absolute atomic E-state index is 0.225. The summed E-state index contributed by atoms with van der Waals surface area (Å²) in [5.74, 6) is -0.972. The van der Waals surface area contributed by atoms with E-state index in [4.69, 9.17) is 5.11 Å². The van der Waals surface area contributed by atoms with Crippen molar-refractivity contribution in [3.05, 3.63) is 64.0 Å². The number of aromatic nitrogens is 4. The van der Waals surface area contributed by atoms with Crippen LogP contribution >= 0.6 is 0 Å². The van der Waals surface area contributed by atoms with E-state index in [0.29, 0.717) is 5.65 Å². The van der Waals surface area contributed by atoms with Crippen LogP contribution in [0.4, 0.5) is 0 Å². The summed E-state index contributed by atoms with van der Waals surface area (Å²) in [6.07, 6.45) is 4.59. The quantitative estimate of drug-likeness (QED) is 0.773. The Kier molecular flexibility index (Phi) is 3.02. The summed E-state index contributed by atoms with van der Waals surface area (Å²) in [5, 5.41) is 13.1. The number of fused-ring (bicyclic) bond motifs is 1. The van der Waals surface area contributed by atoms with Gasteiger partial charge in [0.05, 0.1) is 18.3 Å². The number of nitrogens with zero attached hydrogens (tertiary/aromatic N) is 4. The molecule has 0 saturated carbocycles. The van der Waals surface area contributed by atoms with E-state index in [1.165, 1.54) is 27.5 Å². The lowest BCUT2D eigenvalue weighted by Crippen LogP contribution is -2.22. The van der Waals surface area contributed by atoms with Crippen molar-refractivity contribution >= 4 is 11.6 Å². The highest BCUT2D eigenvalue weighted by Crippen LogP contribution is 2.12. The molecule has 7 nitrogen and oxygen atoms in total. The third-order valence-electron chi connectivity index (χ3n) is 3.30. The van der Waals surface area contributed by atoms with Crippen LogP contribution in [0, 0.1) is 6.92 Å². The molecule has 7 heteroatoms. The first-order valence-corrected chi connectivity index (χ1v) is 6.28. The minimum atomic E-state index is -0.972. The Balaban J connectivity index is 2.01. The van der Waals surface area contributed by atoms with Gasteiger partial charge in [-0.1, -0.05) is 6.07 Å². The van der Waals surface area contributed by atoms with E-state index in [9.17, 15) is 9.59 Å². The van der Waals surface area contributed by atoms with E-state index in [0.717, 1.165) is 11.1 Å². The van der Waals surface area contributed by atoms with Crippen molar-refractivity contribution in [2.75, 3.05) is 0 Å². The fourth-order valence-electron chi connectivity index (χ4n) is 2.15. The second-order valence-corrected chi connectivity index (χ2v) is 4.69. The third-order valence-corrected chi connectivity index (χ3v) is 3.30. The molecule has 0 aliphatic carbocycles. The van der Waals surface area contributed by atoms with Gasteiger partial charge in [-0.05, 0) is 30.2 Å². The normalized spacial score (nSPS) is 10.9. The smallest absolute Gasteiger partial charge is 0.350 e. The molecule has 2 heterocycles. The molecule has 0 spiro atoms. The first-order valence-electron chi connectivity index (χ1n) is 6.28. The second-order valence-electron chi connectivity index (χ2n) is 4.69. The molecule has 0 saturated heterocycles. The first kappa shape index (κ1) is 13.0. The Morgan fingerprint density at radius 1 is 1.38 bits per heavy atom. The van der Waals surface area contributed by atoms with Crippen LogP contribution in [0.1, 0.15) is 21.5 Å². The van der Waals surface area contributed by atoms with Crippen molar-refractivity contribution in [1.29, 1.82) is 0 Å². The lowest BCUT2D eigenvalue weighted by Gasteiger charge is -2.06. The molecule has 0 radical (unpaired) electrons. The molecule has 0 atom stereocenters. The third kappa shape index (κ3) is 2.29. The fraction of sp³-hybridized carbons (Fsp3) is 0.143. The highest BCUT2D eigenvalue weighted by molar-refractivity contribution is 5.87. The maximum atomic E-state index is 12.2. The molecular weight excluding hydrogens is 272 g/mol. The van der Waals surface area contributed by atoms with Crippen LogP contribution in [0.15, 0.2) is 41.6 Å². The largest absolute Gasteiger partial charge is 0.478 e. The number of carboxylic acids is 1. The standard InChI is InChI=1S/C14H12N4O3/c1-9-6-10(13(19)20)2-3-11(9)8-18-14(21)17-5-4-15-7-12(17)16-18/h2-7H,8H2,1H3,(H,19,20). The SMILES string of the molecule is Cc1cc(C(=O)O)ccc1Cn1nc2cnccn2c1=O. The zero-order valence-electron chi connectivity index (χ0n) is 11.2. The van der Waals surface area contributed by atoms with E-state index >= 15 is 0 Å². The number of rotatable bonds is 3. The molecule has 0 bridgehead atoms. The van der Waals surface area contributed by atoms with Crippen molar-refractivity contribution in [2.24, 2.45) is 0 Å². The van der Waals surface area contributed by atoms with Crippen LogP contribution in [0.5, 0.6) is 0 Å². The zero-order valence-corrected chi connectivity index (χ0v) is 11.2. The Bertz CT molecular complexity index is 895. The summed E-state index contributed by atoms with van der Waals surface area (Å²) in [4.78, 5) is 27.0. The van der Waals surface area contributed by atoms with Crippen LogP contribution < -0.4 is 5.69 Å². The van der Waals surface area contributed by atoms with Gasteiger partial charge in [-0.25, -0.2) is 18.7 Å². The number of carbonyl (C=O) groups is 1. The molecule has 0 unspecified atom stereocenters. The molecule has 1 N–H and O–H groups in total. The molecule has 0 fully saturated rings. The average molecular weight is 284 g/mol. The number of carboxylic acid groups (broad SMARTS) is 1. The molecule has 3 rings (SSSR count). The lowest BCUT2D eigenvalue weighted by molar-refractivity contribution is 0.0697. The molecule has 2 aromatic heterocycles. The molecule has 3 aromatic rings. The van der Waals surface area contributed by atoms with Gasteiger partial charge in [0, 0.05) is 12.4 Å². The van der Waals surface area contributed by atoms with E-state index in [-0.39, 0.29) is 17.8 Å². The highest BCUT2D eigenvalue weighted by atomic mass is 16.4. The van der Waals surface area contributed by atoms with Gasteiger partial charge >= 0.3 is 11.7 Å². The second kappa shape index (κ2) is 4.86. The molecule has 0 aliphatic heterocycles. The van der Waals surface area contributed by atoms with Crippen molar-refractivity contribution < 1.29 is 9.90 Å². The summed E-state index contributed by atoms with van der Waals surface area (Å²) in [6.45, 7) is 2.09. The van der Waals surface area contributed by atoms with Crippen molar-refractivity contribution in [3.63, 3.8) is 0 Å². The summed E-state index contributed by atoms with van der Waals surface area (Å²) >= 11 is 0. The van der Waals surface area contributed by atoms with Gasteiger partial charge in [0.25, 0.3) is 0 Å². The van der Waals surface area contributed by atoms with Crippen LogP contribution in [0.25, 0.3) is 5.65 Å². The summed E-state index contributed by atoms with van der Waals surface area (Å²) in [5.41, 5.74) is 2.09. The predicted octanol–water partition coefficient (Wildman–Crippen LogP) is 0.946. The Hall–Kier alpha value is -2.96. The van der Waals surface area contributed by atoms with Gasteiger partial charge in [-0.15, -0.1) is 5.10 Å². The van der Waals surface area contributed by atoms with Crippen LogP contribution in [-0.4, -0.2) is 30.2 Å². The molecular formula is C14H12N4O3. The van der Waals surface area contributed by atoms with Gasteiger partial charge in [-0.2, -0.15) is 0 Å². The predicted molar refractivity (Wildman–Crippen MR) is 74.5 cm³/mol. The van der Waals surface area contributed by atoms with Gasteiger partial charge in [-0.3, -0.25) is 4.98 Å². The van der Waals surface area contributed by atoms with E-state index in [2.05, 4.69) is 10.1 Å². The van der Waals surface area contributed by atoms with Crippen LogP contribution in [0.2, 0.25) is 0 Å². The summed E-state index contributed by atoms with van der Waals surface area (Å²) < 4.78 is 2.74. The topological polar surface area (TPSA) is 89.5 Å². The van der Waals surface area contributed by atoms with Gasteiger partial charge in [0.15, 0.2) is 5.65 Å². The van der Waals surface area contributed by atoms with Crippen molar-refractivity contribution in [1.82, 2.24) is 19.2 Å². The number of hydrogen-bond acceptors (Lipinski definition) is 4. The van der Waals surface area contributed by atoms with Crippen LogP contribution in [-0.2, 0) is 6.54 Å². The van der Waals surface area contributed by atoms with E-state index in [1.54, 1.807) is 18.3 Å². The monoisotopic (exact) mass is 284 g/mol. The highest BCUT2D eigenvalue weighted by Gasteiger charge is 2.10. The number of benzene rings is 1. The Morgan fingerprint density at radius 3 is 2.86 bits per heavy atom. The van der Waals surface area contributed by atoms with E-state index in [1.807, 2.05) is 6.92 Å². The van der Waals surface area contributed by atoms with Crippen molar-refractivity contribution in [3.8, 4) is 0 Å². The summed E-state index contributed by atoms with van der Waals surface area (Å²) in [7, 11) is 0. The number of aromatic carboxylic acids is 1. The number of aryl methyl sites for hydroxylation is 1. The van der Waals surface area contributed by atoms with Crippen LogP contribution in [0.3, 0.4) is 0 Å². The average Bonchev–Trinajstić information content (AvgIpc) is 2.78. The maximum absolute atomic E-state index is 12.2. The molecule has 0 amide bonds. The summed E-state index contributed by atoms with van der Waals surface area (Å²) in [6, 6.07) is 4.81. The molecule has 1 aromatic carbocycles. The first-order chi connectivity index (χ1) is 10.1. The Labute approximate surface area is 119 Å². The Morgan fingerprint density at radius 2 is 2.19 bits per heavy atom.